The lowest BCUT2D eigenvalue weighted by Gasteiger charge is -2.16. The molecule has 0 spiro atoms. The largest absolute Gasteiger partial charge is 0.389 e. The summed E-state index contributed by atoms with van der Waals surface area (Å²) in [5.74, 6) is -0.314. The van der Waals surface area contributed by atoms with Gasteiger partial charge in [0.2, 0.25) is 0 Å². The van der Waals surface area contributed by atoms with Crippen molar-refractivity contribution in [3.63, 3.8) is 0 Å². The first kappa shape index (κ1) is 14.0. The summed E-state index contributed by atoms with van der Waals surface area (Å²) < 4.78 is 18.3. The molecule has 0 aromatic heterocycles. The van der Waals surface area contributed by atoms with Crippen LogP contribution in [0.4, 0.5) is 4.39 Å². The zero-order valence-corrected chi connectivity index (χ0v) is 10.9. The van der Waals surface area contributed by atoms with Gasteiger partial charge in [-0.15, -0.1) is 0 Å². The van der Waals surface area contributed by atoms with Crippen molar-refractivity contribution in [3.8, 4) is 0 Å². The van der Waals surface area contributed by atoms with Crippen LogP contribution in [0.15, 0.2) is 18.2 Å². The molecule has 0 unspecified atom stereocenters. The van der Waals surface area contributed by atoms with Gasteiger partial charge in [-0.2, -0.15) is 0 Å². The van der Waals surface area contributed by atoms with Crippen LogP contribution in [0.2, 0.25) is 0 Å². The molecule has 3 nitrogen and oxygen atoms in total. The van der Waals surface area contributed by atoms with Gasteiger partial charge in [0.1, 0.15) is 10.8 Å². The predicted molar refractivity (Wildman–Crippen MR) is 70.5 cm³/mol. The van der Waals surface area contributed by atoms with E-state index in [-0.39, 0.29) is 10.8 Å². The van der Waals surface area contributed by atoms with Crippen molar-refractivity contribution in [2.75, 3.05) is 27.3 Å². The highest BCUT2D eigenvalue weighted by Gasteiger charge is 2.05. The van der Waals surface area contributed by atoms with Crippen LogP contribution in [0.5, 0.6) is 0 Å². The number of thiocarbonyl (C=S) groups is 1. The molecule has 0 heterocycles. The van der Waals surface area contributed by atoms with Gasteiger partial charge in [-0.1, -0.05) is 12.2 Å². The van der Waals surface area contributed by atoms with Crippen molar-refractivity contribution >= 4 is 17.2 Å². The van der Waals surface area contributed by atoms with E-state index in [0.717, 1.165) is 12.1 Å². The summed E-state index contributed by atoms with van der Waals surface area (Å²) >= 11 is 4.84. The van der Waals surface area contributed by atoms with Crippen LogP contribution in [-0.2, 0) is 11.3 Å². The van der Waals surface area contributed by atoms with Gasteiger partial charge in [-0.25, -0.2) is 4.39 Å². The molecule has 1 aromatic carbocycles. The quantitative estimate of drug-likeness (QED) is 0.784. The summed E-state index contributed by atoms with van der Waals surface area (Å²) in [6.07, 6.45) is 0. The summed E-state index contributed by atoms with van der Waals surface area (Å²) in [4.78, 5) is 2.26. The molecular formula is C12H17FN2OS. The highest BCUT2D eigenvalue weighted by Crippen LogP contribution is 2.11. The Morgan fingerprint density at radius 2 is 2.18 bits per heavy atom. The van der Waals surface area contributed by atoms with Crippen molar-refractivity contribution in [2.24, 2.45) is 5.73 Å². The third-order valence-corrected chi connectivity index (χ3v) is 2.61. The zero-order chi connectivity index (χ0) is 12.8. The van der Waals surface area contributed by atoms with Crippen LogP contribution in [0.3, 0.4) is 0 Å². The minimum absolute atomic E-state index is 0.213. The van der Waals surface area contributed by atoms with Gasteiger partial charge >= 0.3 is 0 Å². The average Bonchev–Trinajstić information content (AvgIpc) is 2.25. The first-order valence-corrected chi connectivity index (χ1v) is 5.70. The maximum Gasteiger partial charge on any atom is 0.124 e. The molecule has 1 rings (SSSR count). The number of nitrogens with zero attached hydrogens (tertiary/aromatic N) is 1. The molecule has 0 fully saturated rings. The van der Waals surface area contributed by atoms with Crippen molar-refractivity contribution in [2.45, 2.75) is 6.54 Å². The van der Waals surface area contributed by atoms with Crippen molar-refractivity contribution in [3.05, 3.63) is 35.1 Å². The van der Waals surface area contributed by atoms with E-state index in [0.29, 0.717) is 18.7 Å². The Morgan fingerprint density at radius 1 is 1.47 bits per heavy atom. The lowest BCUT2D eigenvalue weighted by atomic mass is 10.1. The lowest BCUT2D eigenvalue weighted by Crippen LogP contribution is -2.22. The number of hydrogen-bond acceptors (Lipinski definition) is 3. The van der Waals surface area contributed by atoms with Crippen molar-refractivity contribution < 1.29 is 9.13 Å². The Hall–Kier alpha value is -1.04. The average molecular weight is 256 g/mol. The number of hydrogen-bond donors (Lipinski definition) is 1. The monoisotopic (exact) mass is 256 g/mol. The molecule has 0 saturated carbocycles. The molecule has 2 N–H and O–H groups in total. The fraction of sp³-hybridized carbons (Fsp3) is 0.417. The van der Waals surface area contributed by atoms with Crippen molar-refractivity contribution in [1.29, 1.82) is 0 Å². The van der Waals surface area contributed by atoms with Gasteiger partial charge in [0.15, 0.2) is 0 Å². The molecule has 17 heavy (non-hydrogen) atoms. The van der Waals surface area contributed by atoms with Crippen LogP contribution in [-0.4, -0.2) is 37.2 Å². The van der Waals surface area contributed by atoms with Gasteiger partial charge in [-0.05, 0) is 30.8 Å². The number of halogens is 1. The fourth-order valence-corrected chi connectivity index (χ4v) is 1.64. The van der Waals surface area contributed by atoms with Gasteiger partial charge in [-0.3, -0.25) is 4.90 Å². The SMILES string of the molecule is COCCN(C)Cc1cc(F)cc(C(N)=S)c1. The van der Waals surface area contributed by atoms with E-state index in [4.69, 9.17) is 22.7 Å². The van der Waals surface area contributed by atoms with Crippen LogP contribution >= 0.6 is 12.2 Å². The Labute approximate surface area is 106 Å². The second-order valence-electron chi connectivity index (χ2n) is 3.94. The third kappa shape index (κ3) is 4.77. The van der Waals surface area contributed by atoms with Gasteiger partial charge in [0.25, 0.3) is 0 Å². The summed E-state index contributed by atoms with van der Waals surface area (Å²) in [6, 6.07) is 4.65. The molecule has 0 aliphatic heterocycles. The molecule has 5 heteroatoms. The minimum atomic E-state index is -0.314. The van der Waals surface area contributed by atoms with E-state index in [1.54, 1.807) is 7.11 Å². The van der Waals surface area contributed by atoms with E-state index in [9.17, 15) is 4.39 Å². The van der Waals surface area contributed by atoms with E-state index >= 15 is 0 Å². The first-order valence-electron chi connectivity index (χ1n) is 5.29. The number of benzene rings is 1. The molecule has 0 aliphatic rings. The molecule has 0 atom stereocenters. The van der Waals surface area contributed by atoms with Gasteiger partial charge in [0.05, 0.1) is 6.61 Å². The highest BCUT2D eigenvalue weighted by molar-refractivity contribution is 7.80. The number of likely N-dealkylation sites (N-methyl/N-ethyl adjacent to an activating group) is 1. The Bertz CT molecular complexity index is 398. The topological polar surface area (TPSA) is 38.5 Å². The molecule has 0 aliphatic carbocycles. The summed E-state index contributed by atoms with van der Waals surface area (Å²) in [6.45, 7) is 2.07. The molecule has 0 bridgehead atoms. The molecule has 0 radical (unpaired) electrons. The van der Waals surface area contributed by atoms with E-state index in [1.807, 2.05) is 18.0 Å². The van der Waals surface area contributed by atoms with Gasteiger partial charge in [0, 0.05) is 25.8 Å². The molecule has 0 amide bonds. The van der Waals surface area contributed by atoms with Crippen LogP contribution in [0, 0.1) is 5.82 Å². The number of ether oxygens (including phenoxy) is 1. The zero-order valence-electron chi connectivity index (χ0n) is 10.1. The smallest absolute Gasteiger partial charge is 0.124 e. The minimum Gasteiger partial charge on any atom is -0.389 e. The molecule has 1 aromatic rings. The summed E-state index contributed by atoms with van der Waals surface area (Å²) in [5, 5.41) is 0. The normalized spacial score (nSPS) is 10.8. The molecule has 0 saturated heterocycles. The third-order valence-electron chi connectivity index (χ3n) is 2.37. The number of methoxy groups -OCH3 is 1. The van der Waals surface area contributed by atoms with Crippen molar-refractivity contribution in [1.82, 2.24) is 4.90 Å². The number of nitrogens with two attached hydrogens (primary N) is 1. The Morgan fingerprint density at radius 3 is 2.76 bits per heavy atom. The summed E-state index contributed by atoms with van der Waals surface area (Å²) in [7, 11) is 3.60. The van der Waals surface area contributed by atoms with E-state index in [1.165, 1.54) is 12.1 Å². The number of rotatable bonds is 6. The Balaban J connectivity index is 2.73. The van der Waals surface area contributed by atoms with Gasteiger partial charge < -0.3 is 10.5 Å². The van der Waals surface area contributed by atoms with Crippen LogP contribution in [0.25, 0.3) is 0 Å². The second kappa shape index (κ2) is 6.64. The van der Waals surface area contributed by atoms with E-state index in [2.05, 4.69) is 0 Å². The maximum absolute atomic E-state index is 13.3. The second-order valence-corrected chi connectivity index (χ2v) is 4.38. The standard InChI is InChI=1S/C12H17FN2OS/c1-15(3-4-16-2)8-9-5-10(12(14)17)7-11(13)6-9/h5-7H,3-4,8H2,1-2H3,(H2,14,17). The van der Waals surface area contributed by atoms with Crippen LogP contribution < -0.4 is 5.73 Å². The van der Waals surface area contributed by atoms with Crippen LogP contribution in [0.1, 0.15) is 11.1 Å². The molecule has 94 valence electrons. The fourth-order valence-electron chi connectivity index (χ4n) is 1.52. The predicted octanol–water partition coefficient (Wildman–Crippen LogP) is 1.54. The summed E-state index contributed by atoms with van der Waals surface area (Å²) in [5.41, 5.74) is 6.91. The van der Waals surface area contributed by atoms with E-state index < -0.39 is 0 Å². The Kier molecular flexibility index (Phi) is 5.47. The lowest BCUT2D eigenvalue weighted by molar-refractivity contribution is 0.158. The maximum atomic E-state index is 13.3. The first-order chi connectivity index (χ1) is 8.02. The molecular weight excluding hydrogens is 239 g/mol. The highest BCUT2D eigenvalue weighted by atomic mass is 32.1.